The molecule has 1 saturated carbocycles. The van der Waals surface area contributed by atoms with E-state index in [9.17, 15) is 22.3 Å². The zero-order chi connectivity index (χ0) is 23.6. The molecule has 1 aliphatic carbocycles. The number of H-pyrrole nitrogens is 1. The summed E-state index contributed by atoms with van der Waals surface area (Å²) < 4.78 is 53.8. The van der Waals surface area contributed by atoms with Gasteiger partial charge in [0.2, 0.25) is 10.0 Å². The van der Waals surface area contributed by atoms with E-state index in [1.165, 1.54) is 12.4 Å². The van der Waals surface area contributed by atoms with Gasteiger partial charge in [-0.05, 0) is 55.4 Å². The Morgan fingerprint density at radius 3 is 2.67 bits per heavy atom. The van der Waals surface area contributed by atoms with Crippen LogP contribution in [-0.4, -0.2) is 53.9 Å². The van der Waals surface area contributed by atoms with E-state index in [1.54, 1.807) is 0 Å². The number of nitrogens with one attached hydrogen (secondary N) is 2. The number of anilines is 1. The number of hydrogen-bond donors (Lipinski definition) is 3. The van der Waals surface area contributed by atoms with Crippen molar-refractivity contribution in [3.05, 3.63) is 54.0 Å². The molecule has 2 aromatic heterocycles. The standard InChI is InChI=1S/C22H27F2N5O3S/c1-29(22-17-8-9-25-21(17)26-13-27-22)16-5-2-14(3-6-16)12-33(31,32)28-11-20(30)15-4-7-18(23)19(24)10-15/h4,7-10,13-14,16,20,28,30H,2-3,5-6,11-12H2,1H3,(H,25,26,27)/t14-,16-,20?. The first-order valence-corrected chi connectivity index (χ1v) is 12.5. The largest absolute Gasteiger partial charge is 0.387 e. The third kappa shape index (κ3) is 5.48. The highest BCUT2D eigenvalue weighted by molar-refractivity contribution is 7.89. The van der Waals surface area contributed by atoms with Crippen LogP contribution in [0.4, 0.5) is 14.6 Å². The zero-order valence-corrected chi connectivity index (χ0v) is 19.0. The van der Waals surface area contributed by atoms with Crippen LogP contribution in [0.3, 0.4) is 0 Å². The molecule has 0 bridgehead atoms. The maximum atomic E-state index is 13.3. The first kappa shape index (κ1) is 23.5. The molecule has 8 nitrogen and oxygen atoms in total. The van der Waals surface area contributed by atoms with Gasteiger partial charge in [0, 0.05) is 25.8 Å². The quantitative estimate of drug-likeness (QED) is 0.458. The van der Waals surface area contributed by atoms with Crippen LogP contribution in [0.1, 0.15) is 37.4 Å². The van der Waals surface area contributed by atoms with Gasteiger partial charge < -0.3 is 15.0 Å². The number of hydrogen-bond acceptors (Lipinski definition) is 6. The van der Waals surface area contributed by atoms with Crippen LogP contribution in [0.2, 0.25) is 0 Å². The Labute approximate surface area is 191 Å². The van der Waals surface area contributed by atoms with Gasteiger partial charge in [-0.3, -0.25) is 0 Å². The molecule has 2 heterocycles. The van der Waals surface area contributed by atoms with E-state index in [1.807, 2.05) is 19.3 Å². The van der Waals surface area contributed by atoms with E-state index >= 15 is 0 Å². The van der Waals surface area contributed by atoms with Gasteiger partial charge in [-0.2, -0.15) is 0 Å². The molecule has 0 radical (unpaired) electrons. The van der Waals surface area contributed by atoms with E-state index in [0.717, 1.165) is 54.7 Å². The number of rotatable bonds is 8. The van der Waals surface area contributed by atoms with Crippen LogP contribution >= 0.6 is 0 Å². The highest BCUT2D eigenvalue weighted by atomic mass is 32.2. The predicted molar refractivity (Wildman–Crippen MR) is 121 cm³/mol. The van der Waals surface area contributed by atoms with Crippen molar-refractivity contribution in [1.82, 2.24) is 19.7 Å². The van der Waals surface area contributed by atoms with Gasteiger partial charge >= 0.3 is 0 Å². The minimum absolute atomic E-state index is 0.00485. The number of aromatic nitrogens is 3. The Bertz CT molecular complexity index is 1210. The summed E-state index contributed by atoms with van der Waals surface area (Å²) >= 11 is 0. The number of fused-ring (bicyclic) bond motifs is 1. The van der Waals surface area contributed by atoms with Gasteiger partial charge in [0.25, 0.3) is 0 Å². The lowest BCUT2D eigenvalue weighted by Crippen LogP contribution is -2.39. The van der Waals surface area contributed by atoms with Crippen LogP contribution < -0.4 is 9.62 Å². The molecule has 1 atom stereocenters. The lowest BCUT2D eigenvalue weighted by Gasteiger charge is -2.35. The molecule has 33 heavy (non-hydrogen) atoms. The maximum Gasteiger partial charge on any atom is 0.211 e. The van der Waals surface area contributed by atoms with Crippen LogP contribution in [0.15, 0.2) is 36.8 Å². The summed E-state index contributed by atoms with van der Waals surface area (Å²) in [6.45, 7) is -0.300. The molecule has 11 heteroatoms. The van der Waals surface area contributed by atoms with Crippen molar-refractivity contribution in [3.63, 3.8) is 0 Å². The van der Waals surface area contributed by atoms with E-state index in [2.05, 4.69) is 24.6 Å². The molecule has 3 aromatic rings. The second-order valence-corrected chi connectivity index (χ2v) is 10.4. The number of aromatic amines is 1. The SMILES string of the molecule is CN(c1ncnc2[nH]ccc12)[C@H]1CC[C@H](CS(=O)(=O)NCC(O)c2ccc(F)c(F)c2)CC1. The van der Waals surface area contributed by atoms with Crippen LogP contribution in [0.5, 0.6) is 0 Å². The molecule has 0 spiro atoms. The van der Waals surface area contributed by atoms with E-state index in [4.69, 9.17) is 0 Å². The van der Waals surface area contributed by atoms with Crippen molar-refractivity contribution in [2.24, 2.45) is 5.92 Å². The Kier molecular flexibility index (Phi) is 6.91. The average Bonchev–Trinajstić information content (AvgIpc) is 3.28. The molecule has 178 valence electrons. The number of benzene rings is 1. The monoisotopic (exact) mass is 479 g/mol. The Morgan fingerprint density at radius 2 is 1.94 bits per heavy atom. The second-order valence-electron chi connectivity index (χ2n) is 8.54. The predicted octanol–water partition coefficient (Wildman–Crippen LogP) is 2.88. The summed E-state index contributed by atoms with van der Waals surface area (Å²) in [4.78, 5) is 13.9. The van der Waals surface area contributed by atoms with E-state index in [-0.39, 0.29) is 29.8 Å². The summed E-state index contributed by atoms with van der Waals surface area (Å²) in [5.74, 6) is -1.29. The minimum Gasteiger partial charge on any atom is -0.387 e. The zero-order valence-electron chi connectivity index (χ0n) is 18.2. The van der Waals surface area contributed by atoms with Crippen LogP contribution in [0, 0.1) is 17.6 Å². The molecule has 1 unspecified atom stereocenters. The normalized spacial score (nSPS) is 20.1. The van der Waals surface area contributed by atoms with Gasteiger partial charge in [-0.25, -0.2) is 31.9 Å². The van der Waals surface area contributed by atoms with Crippen molar-refractivity contribution in [1.29, 1.82) is 0 Å². The molecule has 1 aliphatic rings. The van der Waals surface area contributed by atoms with Crippen LogP contribution in [-0.2, 0) is 10.0 Å². The molecule has 4 rings (SSSR count). The van der Waals surface area contributed by atoms with Gasteiger partial charge in [-0.15, -0.1) is 0 Å². The van der Waals surface area contributed by atoms with E-state index in [0.29, 0.717) is 0 Å². The molecule has 1 aromatic carbocycles. The summed E-state index contributed by atoms with van der Waals surface area (Å²) in [7, 11) is -1.63. The summed E-state index contributed by atoms with van der Waals surface area (Å²) in [5.41, 5.74) is 0.893. The Balaban J connectivity index is 1.29. The molecule has 0 aliphatic heterocycles. The van der Waals surface area contributed by atoms with Crippen LogP contribution in [0.25, 0.3) is 11.0 Å². The Morgan fingerprint density at radius 1 is 1.18 bits per heavy atom. The molecule has 0 amide bonds. The second kappa shape index (κ2) is 9.70. The van der Waals surface area contributed by atoms with Crippen molar-refractivity contribution < 1.29 is 22.3 Å². The third-order valence-electron chi connectivity index (χ3n) is 6.31. The number of halogens is 2. The number of nitrogens with zero attached hydrogens (tertiary/aromatic N) is 3. The highest BCUT2D eigenvalue weighted by Crippen LogP contribution is 2.32. The van der Waals surface area contributed by atoms with Gasteiger partial charge in [-0.1, -0.05) is 6.07 Å². The number of sulfonamides is 1. The number of aliphatic hydroxyl groups excluding tert-OH is 1. The number of aliphatic hydroxyl groups is 1. The van der Waals surface area contributed by atoms with E-state index < -0.39 is 27.8 Å². The molecule has 0 saturated heterocycles. The third-order valence-corrected chi connectivity index (χ3v) is 7.83. The van der Waals surface area contributed by atoms with Gasteiger partial charge in [0.1, 0.15) is 17.8 Å². The topological polar surface area (TPSA) is 111 Å². The molecular formula is C22H27F2N5O3S. The first-order chi connectivity index (χ1) is 15.7. The maximum absolute atomic E-state index is 13.3. The summed E-state index contributed by atoms with van der Waals surface area (Å²) in [5, 5.41) is 11.1. The fourth-order valence-electron chi connectivity index (χ4n) is 4.42. The first-order valence-electron chi connectivity index (χ1n) is 10.8. The highest BCUT2D eigenvalue weighted by Gasteiger charge is 2.29. The van der Waals surface area contributed by atoms with Crippen molar-refractivity contribution >= 4 is 26.9 Å². The van der Waals surface area contributed by atoms with Crippen molar-refractivity contribution in [3.8, 4) is 0 Å². The summed E-state index contributed by atoms with van der Waals surface area (Å²) in [6, 6.07) is 5.19. The fourth-order valence-corrected chi connectivity index (χ4v) is 5.91. The Hall–Kier alpha value is -2.63. The van der Waals surface area contributed by atoms with Crippen molar-refractivity contribution in [2.75, 3.05) is 24.2 Å². The smallest absolute Gasteiger partial charge is 0.211 e. The lowest BCUT2D eigenvalue weighted by atomic mass is 9.86. The van der Waals surface area contributed by atoms with Gasteiger partial charge in [0.15, 0.2) is 11.6 Å². The molecule has 3 N–H and O–H groups in total. The van der Waals surface area contributed by atoms with Gasteiger partial charge in [0.05, 0.1) is 17.2 Å². The lowest BCUT2D eigenvalue weighted by molar-refractivity contribution is 0.181. The molecular weight excluding hydrogens is 452 g/mol. The fraction of sp³-hybridized carbons (Fsp3) is 0.455. The minimum atomic E-state index is -3.63. The van der Waals surface area contributed by atoms with Crippen molar-refractivity contribution in [2.45, 2.75) is 37.8 Å². The molecule has 1 fully saturated rings. The summed E-state index contributed by atoms with van der Waals surface area (Å²) in [6.07, 6.45) is 5.27. The average molecular weight is 480 g/mol.